The molecule has 5 heteroatoms. The summed E-state index contributed by atoms with van der Waals surface area (Å²) in [5, 5.41) is 3.05. The third-order valence-corrected chi connectivity index (χ3v) is 3.40. The van der Waals surface area contributed by atoms with E-state index in [-0.39, 0.29) is 6.61 Å². The van der Waals surface area contributed by atoms with Crippen LogP contribution < -0.4 is 10.1 Å². The van der Waals surface area contributed by atoms with E-state index in [1.54, 1.807) is 0 Å². The molecule has 2 nitrogen and oxygen atoms in total. The number of halogens is 3. The van der Waals surface area contributed by atoms with Gasteiger partial charge < -0.3 is 10.1 Å². The van der Waals surface area contributed by atoms with Gasteiger partial charge in [-0.1, -0.05) is 6.07 Å². The van der Waals surface area contributed by atoms with Crippen molar-refractivity contribution in [3.63, 3.8) is 0 Å². The summed E-state index contributed by atoms with van der Waals surface area (Å²) in [6, 6.07) is 9.13. The van der Waals surface area contributed by atoms with Crippen LogP contribution in [0.3, 0.4) is 0 Å². The van der Waals surface area contributed by atoms with Gasteiger partial charge in [0.15, 0.2) is 0 Å². The van der Waals surface area contributed by atoms with Gasteiger partial charge in [-0.15, -0.1) is 0 Å². The molecule has 20 heavy (non-hydrogen) atoms. The zero-order chi connectivity index (χ0) is 14.5. The minimum absolute atomic E-state index is 0.0517. The van der Waals surface area contributed by atoms with Crippen LogP contribution in [0.25, 0.3) is 0 Å². The Morgan fingerprint density at radius 1 is 1.15 bits per heavy atom. The molecule has 0 amide bonds. The molecule has 0 atom stereocenters. The van der Waals surface area contributed by atoms with Crippen molar-refractivity contribution in [3.05, 3.63) is 63.6 Å². The van der Waals surface area contributed by atoms with Gasteiger partial charge in [0, 0.05) is 18.2 Å². The molecule has 0 fully saturated rings. The molecular weight excluding hydrogens is 328 g/mol. The SMILES string of the molecule is CNCc1ccc(OCc2ccc(F)cc2F)c(Br)c1. The van der Waals surface area contributed by atoms with Gasteiger partial charge >= 0.3 is 0 Å². The van der Waals surface area contributed by atoms with Crippen LogP contribution in [0, 0.1) is 11.6 Å². The van der Waals surface area contributed by atoms with Crippen molar-refractivity contribution in [2.24, 2.45) is 0 Å². The fourth-order valence-electron chi connectivity index (χ4n) is 1.77. The Labute approximate surface area is 124 Å². The molecule has 106 valence electrons. The Bertz CT molecular complexity index is 604. The third-order valence-electron chi connectivity index (χ3n) is 2.78. The molecule has 2 rings (SSSR count). The average molecular weight is 342 g/mol. The molecule has 0 saturated heterocycles. The average Bonchev–Trinajstić information content (AvgIpc) is 2.40. The summed E-state index contributed by atoms with van der Waals surface area (Å²) in [7, 11) is 1.87. The van der Waals surface area contributed by atoms with Crippen molar-refractivity contribution in [2.45, 2.75) is 13.2 Å². The standard InChI is InChI=1S/C15H14BrF2NO/c1-19-8-10-2-5-15(13(16)6-10)20-9-11-3-4-12(17)7-14(11)18/h2-7,19H,8-9H2,1H3. The van der Waals surface area contributed by atoms with E-state index in [0.29, 0.717) is 11.3 Å². The maximum absolute atomic E-state index is 13.5. The molecule has 0 aromatic heterocycles. The molecule has 0 radical (unpaired) electrons. The molecule has 0 aliphatic carbocycles. The van der Waals surface area contributed by atoms with Crippen LogP contribution in [0.2, 0.25) is 0 Å². The lowest BCUT2D eigenvalue weighted by Gasteiger charge is -2.10. The summed E-state index contributed by atoms with van der Waals surface area (Å²) in [5.74, 6) is -0.578. The maximum Gasteiger partial charge on any atom is 0.134 e. The molecule has 1 N–H and O–H groups in total. The first-order valence-corrected chi connectivity index (χ1v) is 6.89. The van der Waals surface area contributed by atoms with Crippen LogP contribution in [0.4, 0.5) is 8.78 Å². The molecule has 0 saturated carbocycles. The van der Waals surface area contributed by atoms with E-state index >= 15 is 0 Å². The van der Waals surface area contributed by atoms with E-state index in [1.165, 1.54) is 12.1 Å². The molecule has 0 heterocycles. The van der Waals surface area contributed by atoms with E-state index < -0.39 is 11.6 Å². The van der Waals surface area contributed by atoms with Gasteiger partial charge in [-0.05, 0) is 52.8 Å². The third kappa shape index (κ3) is 3.77. The molecule has 0 spiro atoms. The number of nitrogens with one attached hydrogen (secondary N) is 1. The Hall–Kier alpha value is -1.46. The smallest absolute Gasteiger partial charge is 0.134 e. The molecule has 2 aromatic rings. The Morgan fingerprint density at radius 2 is 1.95 bits per heavy atom. The number of benzene rings is 2. The van der Waals surface area contributed by atoms with Crippen LogP contribution in [0.15, 0.2) is 40.9 Å². The minimum Gasteiger partial charge on any atom is -0.488 e. The van der Waals surface area contributed by atoms with Crippen LogP contribution in [-0.2, 0) is 13.2 Å². The second-order valence-corrected chi connectivity index (χ2v) is 5.17. The van der Waals surface area contributed by atoms with Gasteiger partial charge in [-0.2, -0.15) is 0 Å². The zero-order valence-electron chi connectivity index (χ0n) is 10.9. The topological polar surface area (TPSA) is 21.3 Å². The predicted octanol–water partition coefficient (Wildman–Crippen LogP) is 4.03. The molecule has 0 bridgehead atoms. The van der Waals surface area contributed by atoms with Gasteiger partial charge in [0.1, 0.15) is 24.0 Å². The lowest BCUT2D eigenvalue weighted by Crippen LogP contribution is -2.05. The van der Waals surface area contributed by atoms with Gasteiger partial charge in [-0.3, -0.25) is 0 Å². The molecule has 2 aromatic carbocycles. The minimum atomic E-state index is -0.604. The monoisotopic (exact) mass is 341 g/mol. The lowest BCUT2D eigenvalue weighted by atomic mass is 10.2. The number of hydrogen-bond acceptors (Lipinski definition) is 2. The highest BCUT2D eigenvalue weighted by atomic mass is 79.9. The van der Waals surface area contributed by atoms with E-state index in [4.69, 9.17) is 4.74 Å². The van der Waals surface area contributed by atoms with Crippen molar-refractivity contribution >= 4 is 15.9 Å². The fraction of sp³-hybridized carbons (Fsp3) is 0.200. The second kappa shape index (κ2) is 6.81. The van der Waals surface area contributed by atoms with Crippen molar-refractivity contribution in [2.75, 3.05) is 7.05 Å². The van der Waals surface area contributed by atoms with E-state index in [9.17, 15) is 8.78 Å². The summed E-state index contributed by atoms with van der Waals surface area (Å²) in [5.41, 5.74) is 1.43. The normalized spacial score (nSPS) is 10.6. The largest absolute Gasteiger partial charge is 0.488 e. The first kappa shape index (κ1) is 14.9. The summed E-state index contributed by atoms with van der Waals surface area (Å²) in [6.07, 6.45) is 0. The summed E-state index contributed by atoms with van der Waals surface area (Å²) < 4.78 is 32.6. The van der Waals surface area contributed by atoms with Gasteiger partial charge in [0.05, 0.1) is 4.47 Å². The van der Waals surface area contributed by atoms with Crippen LogP contribution in [0.5, 0.6) is 5.75 Å². The van der Waals surface area contributed by atoms with Crippen molar-refractivity contribution in [3.8, 4) is 5.75 Å². The molecule has 0 unspecified atom stereocenters. The highest BCUT2D eigenvalue weighted by Gasteiger charge is 2.07. The highest BCUT2D eigenvalue weighted by molar-refractivity contribution is 9.10. The van der Waals surface area contributed by atoms with Gasteiger partial charge in [-0.25, -0.2) is 8.78 Å². The van der Waals surface area contributed by atoms with Crippen molar-refractivity contribution in [1.82, 2.24) is 5.32 Å². The Balaban J connectivity index is 2.07. The summed E-state index contributed by atoms with van der Waals surface area (Å²) in [6.45, 7) is 0.807. The Kier molecular flexibility index (Phi) is 5.09. The lowest BCUT2D eigenvalue weighted by molar-refractivity contribution is 0.297. The Morgan fingerprint density at radius 3 is 2.60 bits per heavy atom. The van der Waals surface area contributed by atoms with Crippen molar-refractivity contribution in [1.29, 1.82) is 0 Å². The van der Waals surface area contributed by atoms with E-state index in [0.717, 1.165) is 22.6 Å². The summed E-state index contributed by atoms with van der Waals surface area (Å²) in [4.78, 5) is 0. The van der Waals surface area contributed by atoms with Crippen LogP contribution in [-0.4, -0.2) is 7.05 Å². The van der Waals surface area contributed by atoms with Gasteiger partial charge in [0.2, 0.25) is 0 Å². The van der Waals surface area contributed by atoms with E-state index in [1.807, 2.05) is 25.2 Å². The predicted molar refractivity (Wildman–Crippen MR) is 77.6 cm³/mol. The highest BCUT2D eigenvalue weighted by Crippen LogP contribution is 2.27. The summed E-state index contributed by atoms with van der Waals surface area (Å²) >= 11 is 3.41. The second-order valence-electron chi connectivity index (χ2n) is 4.32. The molecular formula is C15H14BrF2NO. The molecule has 0 aliphatic rings. The number of rotatable bonds is 5. The van der Waals surface area contributed by atoms with Crippen LogP contribution in [0.1, 0.15) is 11.1 Å². The number of ether oxygens (including phenoxy) is 1. The van der Waals surface area contributed by atoms with E-state index in [2.05, 4.69) is 21.2 Å². The first-order chi connectivity index (χ1) is 9.60. The van der Waals surface area contributed by atoms with Gasteiger partial charge in [0.25, 0.3) is 0 Å². The first-order valence-electron chi connectivity index (χ1n) is 6.10. The van der Waals surface area contributed by atoms with Crippen molar-refractivity contribution < 1.29 is 13.5 Å². The fourth-order valence-corrected chi connectivity index (χ4v) is 2.31. The maximum atomic E-state index is 13.5. The number of hydrogen-bond donors (Lipinski definition) is 1. The van der Waals surface area contributed by atoms with Crippen LogP contribution >= 0.6 is 15.9 Å². The molecule has 0 aliphatic heterocycles. The quantitative estimate of drug-likeness (QED) is 0.886. The zero-order valence-corrected chi connectivity index (χ0v) is 12.5.